The smallest absolute Gasteiger partial charge is 0.259 e. The van der Waals surface area contributed by atoms with Gasteiger partial charge in [-0.1, -0.05) is 17.7 Å². The Hall–Kier alpha value is -2.27. The average Bonchev–Trinajstić information content (AvgIpc) is 2.50. The van der Waals surface area contributed by atoms with E-state index in [1.807, 2.05) is 31.2 Å². The van der Waals surface area contributed by atoms with Crippen molar-refractivity contribution in [2.45, 2.75) is 13.3 Å². The fourth-order valence-electron chi connectivity index (χ4n) is 1.90. The lowest BCUT2D eigenvalue weighted by Gasteiger charge is -2.22. The summed E-state index contributed by atoms with van der Waals surface area (Å²) in [5.41, 5.74) is 8.11. The number of aromatic nitrogens is 2. The van der Waals surface area contributed by atoms with E-state index in [0.717, 1.165) is 17.7 Å². The minimum absolute atomic E-state index is 0.0859. The zero-order valence-electron chi connectivity index (χ0n) is 11.5. The first-order valence-electron chi connectivity index (χ1n) is 6.57. The van der Waals surface area contributed by atoms with Crippen LogP contribution in [0.2, 0.25) is 0 Å². The molecule has 0 spiro atoms. The van der Waals surface area contributed by atoms with E-state index in [0.29, 0.717) is 18.7 Å². The van der Waals surface area contributed by atoms with Crippen LogP contribution in [0.5, 0.6) is 0 Å². The molecule has 0 saturated carbocycles. The zero-order valence-corrected chi connectivity index (χ0v) is 11.5. The largest absolute Gasteiger partial charge is 0.330 e. The number of anilines is 1. The second kappa shape index (κ2) is 6.77. The van der Waals surface area contributed by atoms with Gasteiger partial charge in [0.15, 0.2) is 0 Å². The number of carbonyl (C=O) groups excluding carboxylic acids is 1. The van der Waals surface area contributed by atoms with E-state index >= 15 is 0 Å². The molecule has 0 unspecified atom stereocenters. The number of aryl methyl sites for hydroxylation is 1. The van der Waals surface area contributed by atoms with Gasteiger partial charge in [-0.05, 0) is 38.1 Å². The molecule has 0 fully saturated rings. The Labute approximate surface area is 118 Å². The van der Waals surface area contributed by atoms with Crippen molar-refractivity contribution in [1.82, 2.24) is 10.2 Å². The number of hydrogen-bond donors (Lipinski definition) is 1. The Bertz CT molecular complexity index is 554. The highest BCUT2D eigenvalue weighted by atomic mass is 16.2. The van der Waals surface area contributed by atoms with E-state index in [4.69, 9.17) is 5.73 Å². The van der Waals surface area contributed by atoms with Gasteiger partial charge in [0.05, 0.1) is 18.0 Å². The van der Waals surface area contributed by atoms with Crippen LogP contribution in [0.4, 0.5) is 5.69 Å². The lowest BCUT2D eigenvalue weighted by molar-refractivity contribution is 0.0986. The number of nitrogens with two attached hydrogens (primary N) is 1. The van der Waals surface area contributed by atoms with Crippen LogP contribution in [-0.2, 0) is 0 Å². The number of carbonyl (C=O) groups is 1. The van der Waals surface area contributed by atoms with Gasteiger partial charge in [0, 0.05) is 12.2 Å². The van der Waals surface area contributed by atoms with Gasteiger partial charge in [0.25, 0.3) is 5.91 Å². The summed E-state index contributed by atoms with van der Waals surface area (Å²) in [7, 11) is 0. The zero-order chi connectivity index (χ0) is 14.4. The third kappa shape index (κ3) is 3.39. The Kier molecular flexibility index (Phi) is 4.79. The minimum Gasteiger partial charge on any atom is -0.330 e. The highest BCUT2D eigenvalue weighted by Crippen LogP contribution is 2.18. The maximum absolute atomic E-state index is 12.6. The van der Waals surface area contributed by atoms with Gasteiger partial charge in [-0.15, -0.1) is 0 Å². The Morgan fingerprint density at radius 2 is 1.95 bits per heavy atom. The van der Waals surface area contributed by atoms with Crippen LogP contribution < -0.4 is 10.6 Å². The SMILES string of the molecule is Cc1ccc(N(CCCN)C(=O)c2ccnnc2)cc1. The van der Waals surface area contributed by atoms with E-state index in [1.165, 1.54) is 12.4 Å². The Morgan fingerprint density at radius 3 is 2.55 bits per heavy atom. The van der Waals surface area contributed by atoms with E-state index < -0.39 is 0 Å². The van der Waals surface area contributed by atoms with Crippen LogP contribution in [-0.4, -0.2) is 29.2 Å². The van der Waals surface area contributed by atoms with E-state index in [9.17, 15) is 4.79 Å². The number of nitrogens with zero attached hydrogens (tertiary/aromatic N) is 3. The van der Waals surface area contributed by atoms with E-state index in [2.05, 4.69) is 10.2 Å². The summed E-state index contributed by atoms with van der Waals surface area (Å²) in [4.78, 5) is 14.3. The number of rotatable bonds is 5. The molecule has 1 heterocycles. The molecule has 0 aliphatic rings. The van der Waals surface area contributed by atoms with Gasteiger partial charge in [0.2, 0.25) is 0 Å². The quantitative estimate of drug-likeness (QED) is 0.899. The van der Waals surface area contributed by atoms with Gasteiger partial charge < -0.3 is 10.6 Å². The van der Waals surface area contributed by atoms with Gasteiger partial charge in [-0.25, -0.2) is 0 Å². The van der Waals surface area contributed by atoms with Gasteiger partial charge >= 0.3 is 0 Å². The fourth-order valence-corrected chi connectivity index (χ4v) is 1.90. The summed E-state index contributed by atoms with van der Waals surface area (Å²) >= 11 is 0. The molecular formula is C15H18N4O. The summed E-state index contributed by atoms with van der Waals surface area (Å²) in [5.74, 6) is -0.0859. The highest BCUT2D eigenvalue weighted by Gasteiger charge is 2.17. The number of hydrogen-bond acceptors (Lipinski definition) is 4. The molecule has 0 aliphatic heterocycles. The van der Waals surface area contributed by atoms with Crippen molar-refractivity contribution in [3.05, 3.63) is 53.9 Å². The maximum Gasteiger partial charge on any atom is 0.259 e. The van der Waals surface area contributed by atoms with Gasteiger partial charge in [-0.3, -0.25) is 4.79 Å². The first-order valence-corrected chi connectivity index (χ1v) is 6.57. The third-order valence-electron chi connectivity index (χ3n) is 3.01. The summed E-state index contributed by atoms with van der Waals surface area (Å²) in [6.45, 7) is 3.15. The molecule has 0 atom stereocenters. The van der Waals surface area contributed by atoms with Gasteiger partial charge in [-0.2, -0.15) is 10.2 Å². The first-order chi connectivity index (χ1) is 9.72. The molecule has 0 bridgehead atoms. The van der Waals surface area contributed by atoms with Crippen LogP contribution in [0.3, 0.4) is 0 Å². The summed E-state index contributed by atoms with van der Waals surface area (Å²) in [5, 5.41) is 7.45. The van der Waals surface area contributed by atoms with Crippen molar-refractivity contribution in [1.29, 1.82) is 0 Å². The normalized spacial score (nSPS) is 10.3. The maximum atomic E-state index is 12.6. The van der Waals surface area contributed by atoms with E-state index in [1.54, 1.807) is 11.0 Å². The molecule has 2 rings (SSSR count). The predicted molar refractivity (Wildman–Crippen MR) is 78.6 cm³/mol. The molecule has 1 aromatic carbocycles. The molecule has 0 saturated heterocycles. The van der Waals surface area contributed by atoms with Crippen LogP contribution >= 0.6 is 0 Å². The van der Waals surface area contributed by atoms with Crippen LogP contribution in [0, 0.1) is 6.92 Å². The van der Waals surface area contributed by atoms with Crippen molar-refractivity contribution < 1.29 is 4.79 Å². The third-order valence-corrected chi connectivity index (χ3v) is 3.01. The molecule has 5 heteroatoms. The van der Waals surface area contributed by atoms with Crippen molar-refractivity contribution in [3.63, 3.8) is 0 Å². The molecular weight excluding hydrogens is 252 g/mol. The van der Waals surface area contributed by atoms with Crippen molar-refractivity contribution >= 4 is 11.6 Å². The average molecular weight is 270 g/mol. The highest BCUT2D eigenvalue weighted by molar-refractivity contribution is 6.05. The van der Waals surface area contributed by atoms with Crippen molar-refractivity contribution in [3.8, 4) is 0 Å². The molecule has 5 nitrogen and oxygen atoms in total. The predicted octanol–water partition coefficient (Wildman–Crippen LogP) is 1.78. The molecule has 1 amide bonds. The number of benzene rings is 1. The topological polar surface area (TPSA) is 72.1 Å². The molecule has 20 heavy (non-hydrogen) atoms. The van der Waals surface area contributed by atoms with Crippen molar-refractivity contribution in [2.24, 2.45) is 5.73 Å². The van der Waals surface area contributed by atoms with Crippen LogP contribution in [0.25, 0.3) is 0 Å². The number of amides is 1. The first kappa shape index (κ1) is 14.1. The molecule has 2 N–H and O–H groups in total. The van der Waals surface area contributed by atoms with Crippen LogP contribution in [0.1, 0.15) is 22.3 Å². The Balaban J connectivity index is 2.27. The fraction of sp³-hybridized carbons (Fsp3) is 0.267. The molecule has 1 aromatic heterocycles. The molecule has 2 aromatic rings. The van der Waals surface area contributed by atoms with Crippen LogP contribution in [0.15, 0.2) is 42.7 Å². The lowest BCUT2D eigenvalue weighted by Crippen LogP contribution is -2.33. The molecule has 104 valence electrons. The summed E-state index contributed by atoms with van der Waals surface area (Å²) < 4.78 is 0. The Morgan fingerprint density at radius 1 is 1.20 bits per heavy atom. The van der Waals surface area contributed by atoms with Crippen molar-refractivity contribution in [2.75, 3.05) is 18.0 Å². The second-order valence-corrected chi connectivity index (χ2v) is 4.57. The molecule has 0 aliphatic carbocycles. The van der Waals surface area contributed by atoms with E-state index in [-0.39, 0.29) is 5.91 Å². The minimum atomic E-state index is -0.0859. The summed E-state index contributed by atoms with van der Waals surface area (Å²) in [6.07, 6.45) is 3.74. The monoisotopic (exact) mass is 270 g/mol. The van der Waals surface area contributed by atoms with Gasteiger partial charge in [0.1, 0.15) is 0 Å². The summed E-state index contributed by atoms with van der Waals surface area (Å²) in [6, 6.07) is 9.53. The second-order valence-electron chi connectivity index (χ2n) is 4.57. The molecule has 0 radical (unpaired) electrons. The standard InChI is InChI=1S/C15H18N4O/c1-12-3-5-14(6-4-12)19(10-2-8-16)15(20)13-7-9-17-18-11-13/h3-7,9,11H,2,8,10,16H2,1H3. The lowest BCUT2D eigenvalue weighted by atomic mass is 10.2.